The molecule has 0 aliphatic carbocycles. The van der Waals surface area contributed by atoms with E-state index < -0.39 is 0 Å². The molecule has 0 radical (unpaired) electrons. The van der Waals surface area contributed by atoms with E-state index in [1.54, 1.807) is 11.0 Å². The summed E-state index contributed by atoms with van der Waals surface area (Å²) < 4.78 is 0. The fraction of sp³-hybridized carbons (Fsp3) is 0.625. The van der Waals surface area contributed by atoms with Crippen molar-refractivity contribution in [1.82, 2.24) is 14.8 Å². The Morgan fingerprint density at radius 3 is 2.90 bits per heavy atom. The van der Waals surface area contributed by atoms with Crippen LogP contribution in [0.1, 0.15) is 42.2 Å². The number of amides is 1. The fourth-order valence-corrected chi connectivity index (χ4v) is 3.11. The Labute approximate surface area is 132 Å². The van der Waals surface area contributed by atoms with Crippen LogP contribution in [0.4, 0.5) is 0 Å². The normalized spacial score (nSPS) is 19.0. The summed E-state index contributed by atoms with van der Waals surface area (Å²) in [4.78, 5) is 21.0. The van der Waals surface area contributed by atoms with Crippen LogP contribution in [0.25, 0.3) is 0 Å². The average molecular weight is 310 g/mol. The summed E-state index contributed by atoms with van der Waals surface area (Å²) in [6.07, 6.45) is 4.21. The topological polar surface area (TPSA) is 36.4 Å². The number of nitrogens with zero attached hydrogens (tertiary/aromatic N) is 3. The Kier molecular flexibility index (Phi) is 5.59. The maximum atomic E-state index is 12.6. The number of rotatable bonds is 5. The lowest BCUT2D eigenvalue weighted by Crippen LogP contribution is -2.39. The quantitative estimate of drug-likeness (QED) is 0.785. The molecule has 1 saturated heterocycles. The summed E-state index contributed by atoms with van der Waals surface area (Å²) in [6.45, 7) is 3.97. The van der Waals surface area contributed by atoms with E-state index in [-0.39, 0.29) is 5.91 Å². The zero-order chi connectivity index (χ0) is 15.4. The summed E-state index contributed by atoms with van der Waals surface area (Å²) in [5.41, 5.74) is 1.53. The number of likely N-dealkylation sites (N-methyl/N-ethyl adjacent to an activating group) is 2. The molecule has 1 amide bonds. The lowest BCUT2D eigenvalue weighted by Gasteiger charge is -2.26. The minimum absolute atomic E-state index is 0.0250. The molecule has 4 nitrogen and oxygen atoms in total. The van der Waals surface area contributed by atoms with E-state index in [2.05, 4.69) is 23.9 Å². The van der Waals surface area contributed by atoms with E-state index in [1.165, 1.54) is 6.42 Å². The van der Waals surface area contributed by atoms with Crippen molar-refractivity contribution in [2.24, 2.45) is 0 Å². The van der Waals surface area contributed by atoms with Gasteiger partial charge in [0.15, 0.2) is 0 Å². The molecule has 0 saturated carbocycles. The Morgan fingerprint density at radius 2 is 2.29 bits per heavy atom. The van der Waals surface area contributed by atoms with Gasteiger partial charge in [-0.2, -0.15) is 0 Å². The molecule has 1 atom stereocenters. The van der Waals surface area contributed by atoms with Crippen molar-refractivity contribution in [3.8, 4) is 0 Å². The molecule has 21 heavy (non-hydrogen) atoms. The van der Waals surface area contributed by atoms with Crippen LogP contribution in [0.2, 0.25) is 5.15 Å². The molecule has 0 bridgehead atoms. The molecule has 0 N–H and O–H groups in total. The van der Waals surface area contributed by atoms with Crippen LogP contribution in [-0.4, -0.2) is 53.9 Å². The van der Waals surface area contributed by atoms with E-state index in [1.807, 2.05) is 13.1 Å². The predicted molar refractivity (Wildman–Crippen MR) is 85.9 cm³/mol. The van der Waals surface area contributed by atoms with Gasteiger partial charge in [-0.15, -0.1) is 0 Å². The molecule has 2 heterocycles. The number of carbonyl (C=O) groups excluding carboxylic acids is 1. The van der Waals surface area contributed by atoms with Crippen molar-refractivity contribution in [2.75, 3.05) is 27.2 Å². The van der Waals surface area contributed by atoms with Crippen molar-refractivity contribution in [1.29, 1.82) is 0 Å². The first-order chi connectivity index (χ1) is 10.0. The van der Waals surface area contributed by atoms with Gasteiger partial charge in [0.2, 0.25) is 0 Å². The largest absolute Gasteiger partial charge is 0.340 e. The molecule has 1 aromatic heterocycles. The highest BCUT2D eigenvalue weighted by Crippen LogP contribution is 2.18. The molecule has 2 rings (SSSR count). The van der Waals surface area contributed by atoms with Crippen molar-refractivity contribution in [2.45, 2.75) is 38.6 Å². The van der Waals surface area contributed by atoms with Crippen LogP contribution in [0, 0.1) is 0 Å². The second-order valence-electron chi connectivity index (χ2n) is 5.88. The summed E-state index contributed by atoms with van der Waals surface area (Å²) in [5.74, 6) is 0.0250. The molecule has 116 valence electrons. The zero-order valence-corrected chi connectivity index (χ0v) is 13.9. The van der Waals surface area contributed by atoms with E-state index in [0.29, 0.717) is 16.8 Å². The van der Waals surface area contributed by atoms with Gasteiger partial charge in [0.1, 0.15) is 5.15 Å². The first-order valence-corrected chi connectivity index (χ1v) is 8.01. The van der Waals surface area contributed by atoms with E-state index >= 15 is 0 Å². The number of pyridine rings is 1. The Balaban J connectivity index is 2.07. The Hall–Kier alpha value is -1.13. The third-order valence-electron chi connectivity index (χ3n) is 4.10. The van der Waals surface area contributed by atoms with Crippen molar-refractivity contribution >= 4 is 17.5 Å². The second kappa shape index (κ2) is 7.23. The average Bonchev–Trinajstić information content (AvgIpc) is 2.83. The molecule has 0 spiro atoms. The SMILES string of the molecule is CCCc1cc(C(=O)N(C)CC2CCCN2C)cc(Cl)n1. The van der Waals surface area contributed by atoms with Crippen LogP contribution in [-0.2, 0) is 6.42 Å². The van der Waals surface area contributed by atoms with Gasteiger partial charge < -0.3 is 9.80 Å². The number of aromatic nitrogens is 1. The van der Waals surface area contributed by atoms with Crippen LogP contribution in [0.15, 0.2) is 12.1 Å². The predicted octanol–water partition coefficient (Wildman–Crippen LogP) is 2.85. The van der Waals surface area contributed by atoms with Crippen LogP contribution in [0.3, 0.4) is 0 Å². The Bertz CT molecular complexity index is 506. The summed E-state index contributed by atoms with van der Waals surface area (Å²) in [7, 11) is 3.99. The van der Waals surface area contributed by atoms with Gasteiger partial charge in [-0.3, -0.25) is 4.79 Å². The number of aryl methyl sites for hydroxylation is 1. The summed E-state index contributed by atoms with van der Waals surface area (Å²) >= 11 is 6.04. The highest BCUT2D eigenvalue weighted by molar-refractivity contribution is 6.29. The van der Waals surface area contributed by atoms with Gasteiger partial charge in [0.05, 0.1) is 0 Å². The lowest BCUT2D eigenvalue weighted by atomic mass is 10.1. The first-order valence-electron chi connectivity index (χ1n) is 7.63. The fourth-order valence-electron chi connectivity index (χ4n) is 2.89. The van der Waals surface area contributed by atoms with Crippen LogP contribution < -0.4 is 0 Å². The Morgan fingerprint density at radius 1 is 1.52 bits per heavy atom. The molecular weight excluding hydrogens is 286 g/mol. The summed E-state index contributed by atoms with van der Waals surface area (Å²) in [5, 5.41) is 0.399. The van der Waals surface area contributed by atoms with Gasteiger partial charge in [0.25, 0.3) is 5.91 Å². The monoisotopic (exact) mass is 309 g/mol. The van der Waals surface area contributed by atoms with Crippen molar-refractivity contribution < 1.29 is 4.79 Å². The van der Waals surface area contributed by atoms with Gasteiger partial charge in [-0.1, -0.05) is 24.9 Å². The van der Waals surface area contributed by atoms with Crippen molar-refractivity contribution in [3.05, 3.63) is 28.5 Å². The van der Waals surface area contributed by atoms with Gasteiger partial charge in [-0.05, 0) is 45.0 Å². The molecule has 5 heteroatoms. The lowest BCUT2D eigenvalue weighted by molar-refractivity contribution is 0.0761. The third-order valence-corrected chi connectivity index (χ3v) is 4.30. The zero-order valence-electron chi connectivity index (χ0n) is 13.1. The number of hydrogen-bond acceptors (Lipinski definition) is 3. The van der Waals surface area contributed by atoms with E-state index in [9.17, 15) is 4.79 Å². The number of likely N-dealkylation sites (tertiary alicyclic amines) is 1. The minimum Gasteiger partial charge on any atom is -0.340 e. The van der Waals surface area contributed by atoms with Gasteiger partial charge in [-0.25, -0.2) is 4.98 Å². The smallest absolute Gasteiger partial charge is 0.253 e. The molecule has 1 aromatic rings. The maximum absolute atomic E-state index is 12.6. The standard InChI is InChI=1S/C16H24ClN3O/c1-4-6-13-9-12(10-15(17)18-13)16(21)20(3)11-14-7-5-8-19(14)2/h9-10,14H,4-8,11H2,1-3H3. The molecular formula is C16H24ClN3O. The van der Waals surface area contributed by atoms with Gasteiger partial charge >= 0.3 is 0 Å². The van der Waals surface area contributed by atoms with E-state index in [0.717, 1.165) is 38.0 Å². The number of hydrogen-bond donors (Lipinski definition) is 0. The molecule has 0 aromatic carbocycles. The molecule has 1 fully saturated rings. The van der Waals surface area contributed by atoms with Crippen molar-refractivity contribution in [3.63, 3.8) is 0 Å². The molecule has 1 aliphatic heterocycles. The first kappa shape index (κ1) is 16.2. The maximum Gasteiger partial charge on any atom is 0.253 e. The molecule has 1 aliphatic rings. The number of carbonyl (C=O) groups is 1. The summed E-state index contributed by atoms with van der Waals surface area (Å²) in [6, 6.07) is 4.00. The van der Waals surface area contributed by atoms with Crippen LogP contribution in [0.5, 0.6) is 0 Å². The highest BCUT2D eigenvalue weighted by atomic mass is 35.5. The van der Waals surface area contributed by atoms with Crippen LogP contribution >= 0.6 is 11.6 Å². The number of halogens is 1. The van der Waals surface area contributed by atoms with E-state index in [4.69, 9.17) is 11.6 Å². The second-order valence-corrected chi connectivity index (χ2v) is 6.27. The highest BCUT2D eigenvalue weighted by Gasteiger charge is 2.24. The van der Waals surface area contributed by atoms with Gasteiger partial charge in [0, 0.05) is 30.9 Å². The third kappa shape index (κ3) is 4.17. The minimum atomic E-state index is 0.0250. The molecule has 1 unspecified atom stereocenters.